The maximum atomic E-state index is 12.3. The van der Waals surface area contributed by atoms with Crippen LogP contribution in [0.2, 0.25) is 0 Å². The molecule has 0 aromatic rings. The van der Waals surface area contributed by atoms with Crippen LogP contribution in [0.15, 0.2) is 11.3 Å². The fourth-order valence-corrected chi connectivity index (χ4v) is 2.82. The third kappa shape index (κ3) is 5.74. The largest absolute Gasteiger partial charge is 0.463 e. The molecule has 1 aliphatic rings. The van der Waals surface area contributed by atoms with Gasteiger partial charge >= 0.3 is 12.0 Å². The van der Waals surface area contributed by atoms with Crippen LogP contribution in [0.1, 0.15) is 34.1 Å². The molecule has 1 heterocycles. The van der Waals surface area contributed by atoms with Crippen LogP contribution in [-0.4, -0.2) is 73.6 Å². The summed E-state index contributed by atoms with van der Waals surface area (Å²) in [5.74, 6) is -0.432. The Hall–Kier alpha value is -2.09. The first-order valence-electron chi connectivity index (χ1n) is 8.81. The van der Waals surface area contributed by atoms with E-state index < -0.39 is 12.0 Å². The van der Waals surface area contributed by atoms with Crippen LogP contribution in [0.4, 0.5) is 4.79 Å². The number of amides is 3. The zero-order valence-electron chi connectivity index (χ0n) is 15.8. The summed E-state index contributed by atoms with van der Waals surface area (Å²) in [6.45, 7) is 9.55. The molecule has 0 radical (unpaired) electrons. The van der Waals surface area contributed by atoms with Crippen molar-refractivity contribution < 1.29 is 19.1 Å². The number of nitrogens with one attached hydrogen (secondary N) is 2. The van der Waals surface area contributed by atoms with Crippen LogP contribution in [0, 0.1) is 0 Å². The van der Waals surface area contributed by atoms with Gasteiger partial charge in [-0.25, -0.2) is 9.59 Å². The van der Waals surface area contributed by atoms with Gasteiger partial charge in [0.2, 0.25) is 5.91 Å². The minimum atomic E-state index is -0.444. The Kier molecular flexibility index (Phi) is 8.40. The van der Waals surface area contributed by atoms with Crippen molar-refractivity contribution >= 4 is 17.9 Å². The maximum Gasteiger partial charge on any atom is 0.337 e. The third-order valence-corrected chi connectivity index (χ3v) is 4.10. The van der Waals surface area contributed by atoms with Gasteiger partial charge in [-0.2, -0.15) is 0 Å². The van der Waals surface area contributed by atoms with E-state index in [2.05, 4.69) is 10.6 Å². The Morgan fingerprint density at radius 3 is 2.32 bits per heavy atom. The Morgan fingerprint density at radius 2 is 1.80 bits per heavy atom. The molecule has 0 saturated carbocycles. The molecule has 0 saturated heterocycles. The Balaban J connectivity index is 2.96. The number of hydrogen-bond acceptors (Lipinski definition) is 5. The zero-order valence-corrected chi connectivity index (χ0v) is 15.8. The number of hydrogen-bond donors (Lipinski definition) is 2. The Morgan fingerprint density at radius 1 is 1.16 bits per heavy atom. The van der Waals surface area contributed by atoms with E-state index in [0.29, 0.717) is 30.8 Å². The van der Waals surface area contributed by atoms with Crippen LogP contribution in [0.25, 0.3) is 0 Å². The van der Waals surface area contributed by atoms with Gasteiger partial charge in [-0.1, -0.05) is 6.92 Å². The predicted molar refractivity (Wildman–Crippen MR) is 94.8 cm³/mol. The van der Waals surface area contributed by atoms with Crippen molar-refractivity contribution in [1.82, 2.24) is 20.4 Å². The summed E-state index contributed by atoms with van der Waals surface area (Å²) in [5.41, 5.74) is 0.912. The number of carbonyl (C=O) groups excluding carboxylic acids is 3. The second-order valence-corrected chi connectivity index (χ2v) is 5.91. The van der Waals surface area contributed by atoms with Gasteiger partial charge in [0.25, 0.3) is 0 Å². The number of urea groups is 1. The van der Waals surface area contributed by atoms with Crippen LogP contribution in [-0.2, 0) is 14.3 Å². The average Bonchev–Trinajstić information content (AvgIpc) is 2.55. The van der Waals surface area contributed by atoms with Gasteiger partial charge in [-0.05, 0) is 34.2 Å². The van der Waals surface area contributed by atoms with Crippen molar-refractivity contribution in [2.45, 2.75) is 40.2 Å². The molecule has 0 fully saturated rings. The van der Waals surface area contributed by atoms with Gasteiger partial charge in [0.1, 0.15) is 0 Å². The predicted octanol–water partition coefficient (Wildman–Crippen LogP) is 0.695. The van der Waals surface area contributed by atoms with Crippen molar-refractivity contribution in [2.75, 3.05) is 39.8 Å². The summed E-state index contributed by atoms with van der Waals surface area (Å²) in [6.07, 6.45) is 0.577. The van der Waals surface area contributed by atoms with Gasteiger partial charge in [0.15, 0.2) is 0 Å². The molecule has 0 aromatic carbocycles. The van der Waals surface area contributed by atoms with Crippen molar-refractivity contribution in [3.63, 3.8) is 0 Å². The van der Waals surface area contributed by atoms with Crippen LogP contribution >= 0.6 is 0 Å². The summed E-state index contributed by atoms with van der Waals surface area (Å²) in [4.78, 5) is 40.0. The van der Waals surface area contributed by atoms with E-state index in [1.165, 1.54) is 0 Å². The molecule has 3 amide bonds. The van der Waals surface area contributed by atoms with Crippen LogP contribution < -0.4 is 10.6 Å². The molecule has 0 aliphatic carbocycles. The topological polar surface area (TPSA) is 91.0 Å². The molecule has 8 nitrogen and oxygen atoms in total. The smallest absolute Gasteiger partial charge is 0.337 e. The van der Waals surface area contributed by atoms with Crippen LogP contribution in [0.5, 0.6) is 0 Å². The summed E-state index contributed by atoms with van der Waals surface area (Å²) in [6, 6.07) is -0.743. The van der Waals surface area contributed by atoms with Gasteiger partial charge in [-0.15, -0.1) is 0 Å². The van der Waals surface area contributed by atoms with Crippen LogP contribution in [0.3, 0.4) is 0 Å². The van der Waals surface area contributed by atoms with Gasteiger partial charge < -0.3 is 20.3 Å². The molecule has 0 aromatic heterocycles. The molecule has 2 N–H and O–H groups in total. The standard InChI is InChI=1S/C17H30N4O4/c1-6-12-15(16(23)25-9-4)13(19-17(24)18-12)10-20(5)11-14(22)21(7-2)8-3/h12H,6-11H2,1-5H3,(H2,18,19,24). The minimum absolute atomic E-state index is 0.0121. The number of esters is 1. The number of carbonyl (C=O) groups is 3. The number of rotatable bonds is 9. The van der Waals surface area contributed by atoms with Gasteiger partial charge in [0.05, 0.1) is 24.8 Å². The second-order valence-electron chi connectivity index (χ2n) is 5.91. The van der Waals surface area contributed by atoms with Crippen molar-refractivity contribution in [2.24, 2.45) is 0 Å². The molecular formula is C17H30N4O4. The quantitative estimate of drug-likeness (QED) is 0.595. The van der Waals surface area contributed by atoms with E-state index in [0.717, 1.165) is 0 Å². The molecule has 0 bridgehead atoms. The molecule has 1 aliphatic heterocycles. The molecule has 1 atom stereocenters. The first-order chi connectivity index (χ1) is 11.9. The normalized spacial score (nSPS) is 17.2. The summed E-state index contributed by atoms with van der Waals surface area (Å²) < 4.78 is 5.13. The third-order valence-electron chi connectivity index (χ3n) is 4.10. The van der Waals surface area contributed by atoms with Gasteiger partial charge in [-0.3, -0.25) is 9.69 Å². The van der Waals surface area contributed by atoms with Gasteiger partial charge in [0, 0.05) is 25.3 Å². The lowest BCUT2D eigenvalue weighted by Gasteiger charge is -2.30. The summed E-state index contributed by atoms with van der Waals surface area (Å²) in [5, 5.41) is 5.43. The molecule has 0 spiro atoms. The first-order valence-corrected chi connectivity index (χ1v) is 8.81. The molecule has 25 heavy (non-hydrogen) atoms. The van der Waals surface area contributed by atoms with E-state index >= 15 is 0 Å². The molecule has 1 unspecified atom stereocenters. The monoisotopic (exact) mass is 354 g/mol. The highest BCUT2D eigenvalue weighted by Crippen LogP contribution is 2.17. The molecule has 1 rings (SSSR count). The lowest BCUT2D eigenvalue weighted by molar-refractivity contribution is -0.139. The zero-order chi connectivity index (χ0) is 19.0. The SMILES string of the molecule is CCOC(=O)C1=C(CN(C)CC(=O)N(CC)CC)NC(=O)NC1CC. The lowest BCUT2D eigenvalue weighted by Crippen LogP contribution is -2.52. The maximum absolute atomic E-state index is 12.3. The lowest BCUT2D eigenvalue weighted by atomic mass is 10.00. The highest BCUT2D eigenvalue weighted by molar-refractivity contribution is 5.94. The van der Waals surface area contributed by atoms with Crippen molar-refractivity contribution in [1.29, 1.82) is 0 Å². The molecular weight excluding hydrogens is 324 g/mol. The Bertz CT molecular complexity index is 529. The van der Waals surface area contributed by atoms with E-state index in [9.17, 15) is 14.4 Å². The van der Waals surface area contributed by atoms with Crippen molar-refractivity contribution in [3.8, 4) is 0 Å². The molecule has 142 valence electrons. The summed E-state index contributed by atoms with van der Waals surface area (Å²) >= 11 is 0. The summed E-state index contributed by atoms with van der Waals surface area (Å²) in [7, 11) is 1.78. The Labute approximate surface area is 149 Å². The number of likely N-dealkylation sites (N-methyl/N-ethyl adjacent to an activating group) is 2. The molecule has 8 heteroatoms. The number of nitrogens with zero attached hydrogens (tertiary/aromatic N) is 2. The van der Waals surface area contributed by atoms with E-state index in [1.807, 2.05) is 20.8 Å². The van der Waals surface area contributed by atoms with E-state index in [1.54, 1.807) is 23.8 Å². The van der Waals surface area contributed by atoms with E-state index in [-0.39, 0.29) is 31.6 Å². The highest BCUT2D eigenvalue weighted by atomic mass is 16.5. The van der Waals surface area contributed by atoms with E-state index in [4.69, 9.17) is 4.74 Å². The average molecular weight is 354 g/mol. The second kappa shape index (κ2) is 10.0. The highest BCUT2D eigenvalue weighted by Gasteiger charge is 2.32. The first kappa shape index (κ1) is 21.0. The number of ether oxygens (including phenoxy) is 1. The fraction of sp³-hybridized carbons (Fsp3) is 0.706. The fourth-order valence-electron chi connectivity index (χ4n) is 2.82. The van der Waals surface area contributed by atoms with Crippen molar-refractivity contribution in [3.05, 3.63) is 11.3 Å². The minimum Gasteiger partial charge on any atom is -0.463 e.